The monoisotopic (exact) mass is 379 g/mol. The average molecular weight is 380 g/mol. The van der Waals surface area contributed by atoms with Gasteiger partial charge in [0.2, 0.25) is 0 Å². The number of rotatable bonds is 3. The summed E-state index contributed by atoms with van der Waals surface area (Å²) < 4.78 is 49.9. The van der Waals surface area contributed by atoms with E-state index in [0.29, 0.717) is 5.47 Å². The predicted octanol–water partition coefficient (Wildman–Crippen LogP) is 4.70. The van der Waals surface area contributed by atoms with Gasteiger partial charge in [0, 0.05) is 11.9 Å². The first-order chi connectivity index (χ1) is 10.9. The fraction of sp³-hybridized carbons (Fsp3) is 0.533. The summed E-state index contributed by atoms with van der Waals surface area (Å²) in [6, 6.07) is 0.848. The number of nitrogens with zero attached hydrogens (tertiary/aromatic N) is 1. The molecule has 0 unspecified atom stereocenters. The quantitative estimate of drug-likeness (QED) is 0.610. The van der Waals surface area contributed by atoms with Crippen LogP contribution in [0.15, 0.2) is 17.7 Å². The van der Waals surface area contributed by atoms with Gasteiger partial charge in [-0.3, -0.25) is 4.98 Å². The van der Waals surface area contributed by atoms with Crippen molar-refractivity contribution in [3.63, 3.8) is 0 Å². The number of hydrogen-bond acceptors (Lipinski definition) is 4. The summed E-state index contributed by atoms with van der Waals surface area (Å²) in [5.74, 6) is 0.288. The molecule has 0 atom stereocenters. The van der Waals surface area contributed by atoms with Crippen LogP contribution in [0.2, 0.25) is 5.02 Å². The second-order valence-electron chi connectivity index (χ2n) is 6.55. The highest BCUT2D eigenvalue weighted by atomic mass is 35.5. The minimum atomic E-state index is -4.49. The van der Waals surface area contributed by atoms with Crippen LogP contribution in [0.4, 0.5) is 13.2 Å². The fourth-order valence-electron chi connectivity index (χ4n) is 2.07. The zero-order chi connectivity index (χ0) is 18.3. The molecule has 2 heterocycles. The van der Waals surface area contributed by atoms with E-state index in [4.69, 9.17) is 20.9 Å². The Morgan fingerprint density at radius 1 is 1.29 bits per heavy atom. The Morgan fingerprint density at radius 2 is 1.83 bits per heavy atom. The summed E-state index contributed by atoms with van der Waals surface area (Å²) in [7, 11) is -0.660. The van der Waals surface area contributed by atoms with Gasteiger partial charge < -0.3 is 9.31 Å². The van der Waals surface area contributed by atoms with Crippen molar-refractivity contribution >= 4 is 37.4 Å². The van der Waals surface area contributed by atoms with Gasteiger partial charge >= 0.3 is 13.3 Å². The highest BCUT2D eigenvalue weighted by molar-refractivity contribution is 7.80. The van der Waals surface area contributed by atoms with Crippen LogP contribution in [0.1, 0.15) is 39.0 Å². The SMILES string of the molecule is CC1(C)OB(C(=Cc2ncc(C(F)(F)F)cc2Cl)CS)OC1(C)C. The van der Waals surface area contributed by atoms with Crippen LogP contribution in [0.3, 0.4) is 0 Å². The first-order valence-electron chi connectivity index (χ1n) is 7.27. The lowest BCUT2D eigenvalue weighted by molar-refractivity contribution is -0.137. The second kappa shape index (κ2) is 6.55. The van der Waals surface area contributed by atoms with Crippen LogP contribution < -0.4 is 0 Å². The zero-order valence-electron chi connectivity index (χ0n) is 13.7. The molecule has 0 bridgehead atoms. The average Bonchev–Trinajstić information content (AvgIpc) is 2.64. The molecule has 132 valence electrons. The van der Waals surface area contributed by atoms with Gasteiger partial charge in [-0.2, -0.15) is 25.8 Å². The third kappa shape index (κ3) is 3.93. The first-order valence-corrected chi connectivity index (χ1v) is 8.28. The molecule has 1 aromatic rings. The van der Waals surface area contributed by atoms with E-state index in [1.54, 1.807) is 6.08 Å². The normalized spacial score (nSPS) is 20.5. The summed E-state index contributed by atoms with van der Waals surface area (Å²) in [5, 5.41) is -0.0966. The van der Waals surface area contributed by atoms with Crippen molar-refractivity contribution in [1.29, 1.82) is 0 Å². The molecule has 1 aromatic heterocycles. The van der Waals surface area contributed by atoms with Crippen molar-refractivity contribution < 1.29 is 22.5 Å². The molecule has 0 amide bonds. The van der Waals surface area contributed by atoms with Crippen LogP contribution in [0.5, 0.6) is 0 Å². The summed E-state index contributed by atoms with van der Waals surface area (Å²) >= 11 is 10.2. The summed E-state index contributed by atoms with van der Waals surface area (Å²) in [6.07, 6.45) is -2.19. The number of hydrogen-bond donors (Lipinski definition) is 1. The Labute approximate surface area is 150 Å². The largest absolute Gasteiger partial charge is 0.491 e. The number of pyridine rings is 1. The summed E-state index contributed by atoms with van der Waals surface area (Å²) in [5.41, 5.74) is -1.11. The molecule has 1 aliphatic rings. The Kier molecular flexibility index (Phi) is 5.36. The molecule has 0 aromatic carbocycles. The van der Waals surface area contributed by atoms with Crippen molar-refractivity contribution in [2.75, 3.05) is 5.75 Å². The van der Waals surface area contributed by atoms with E-state index < -0.39 is 30.1 Å². The molecule has 1 fully saturated rings. The summed E-state index contributed by atoms with van der Waals surface area (Å²) in [4.78, 5) is 3.80. The van der Waals surface area contributed by atoms with E-state index in [1.165, 1.54) is 0 Å². The van der Waals surface area contributed by atoms with Crippen molar-refractivity contribution in [2.45, 2.75) is 45.1 Å². The molecule has 1 aliphatic heterocycles. The van der Waals surface area contributed by atoms with Crippen molar-refractivity contribution in [2.24, 2.45) is 0 Å². The highest BCUT2D eigenvalue weighted by Crippen LogP contribution is 2.39. The molecular weight excluding hydrogens is 361 g/mol. The third-order valence-corrected chi connectivity index (χ3v) is 4.93. The van der Waals surface area contributed by atoms with Crippen LogP contribution in [-0.4, -0.2) is 29.1 Å². The van der Waals surface area contributed by atoms with Crippen LogP contribution in [-0.2, 0) is 15.5 Å². The van der Waals surface area contributed by atoms with Gasteiger partial charge in [-0.15, -0.1) is 0 Å². The molecule has 0 radical (unpaired) electrons. The predicted molar refractivity (Wildman–Crippen MR) is 92.2 cm³/mol. The molecule has 0 aliphatic carbocycles. The number of aromatic nitrogens is 1. The van der Waals surface area contributed by atoms with E-state index in [2.05, 4.69) is 17.6 Å². The molecule has 24 heavy (non-hydrogen) atoms. The highest BCUT2D eigenvalue weighted by Gasteiger charge is 2.52. The smallest absolute Gasteiger partial charge is 0.400 e. The van der Waals surface area contributed by atoms with Crippen molar-refractivity contribution in [1.82, 2.24) is 4.98 Å². The van der Waals surface area contributed by atoms with Gasteiger partial charge in [0.15, 0.2) is 0 Å². The van der Waals surface area contributed by atoms with E-state index in [0.717, 1.165) is 12.3 Å². The maximum Gasteiger partial charge on any atom is 0.491 e. The van der Waals surface area contributed by atoms with E-state index in [1.807, 2.05) is 27.7 Å². The molecule has 9 heteroatoms. The van der Waals surface area contributed by atoms with Gasteiger partial charge in [0.1, 0.15) is 0 Å². The number of alkyl halides is 3. The molecule has 0 spiro atoms. The molecule has 0 N–H and O–H groups in total. The Morgan fingerprint density at radius 3 is 2.25 bits per heavy atom. The Balaban J connectivity index is 2.32. The van der Waals surface area contributed by atoms with Gasteiger partial charge in [-0.1, -0.05) is 11.6 Å². The van der Waals surface area contributed by atoms with Gasteiger partial charge in [0.05, 0.1) is 27.5 Å². The number of halogens is 4. The Bertz CT molecular complexity index is 649. The molecule has 1 saturated heterocycles. The van der Waals surface area contributed by atoms with Crippen molar-refractivity contribution in [3.8, 4) is 0 Å². The minimum absolute atomic E-state index is 0.0966. The topological polar surface area (TPSA) is 31.4 Å². The van der Waals surface area contributed by atoms with E-state index in [9.17, 15) is 13.2 Å². The van der Waals surface area contributed by atoms with E-state index >= 15 is 0 Å². The maximum absolute atomic E-state index is 12.7. The molecule has 0 saturated carbocycles. The molecule has 3 nitrogen and oxygen atoms in total. The zero-order valence-corrected chi connectivity index (χ0v) is 15.4. The van der Waals surface area contributed by atoms with Gasteiger partial charge in [0.25, 0.3) is 0 Å². The lowest BCUT2D eigenvalue weighted by Gasteiger charge is -2.32. The fourth-order valence-corrected chi connectivity index (χ4v) is 2.53. The summed E-state index contributed by atoms with van der Waals surface area (Å²) in [6.45, 7) is 7.64. The van der Waals surface area contributed by atoms with E-state index in [-0.39, 0.29) is 16.5 Å². The second-order valence-corrected chi connectivity index (χ2v) is 7.28. The molecular formula is C15H18BClF3NO2S. The third-order valence-electron chi connectivity index (χ3n) is 4.26. The van der Waals surface area contributed by atoms with Crippen LogP contribution in [0, 0.1) is 0 Å². The van der Waals surface area contributed by atoms with Crippen molar-refractivity contribution in [3.05, 3.63) is 34.0 Å². The lowest BCUT2D eigenvalue weighted by Crippen LogP contribution is -2.41. The molecule has 2 rings (SSSR count). The Hall–Kier alpha value is -0.695. The minimum Gasteiger partial charge on any atom is -0.400 e. The first kappa shape index (κ1) is 19.6. The number of thiol groups is 1. The van der Waals surface area contributed by atoms with Crippen LogP contribution >= 0.6 is 24.2 Å². The lowest BCUT2D eigenvalue weighted by atomic mass is 9.78. The van der Waals surface area contributed by atoms with Gasteiger partial charge in [-0.25, -0.2) is 0 Å². The standard InChI is InChI=1S/C15H18BClF3NO2S/c1-13(2)14(3,4)23-16(22-13)10(8-24)6-12-11(17)5-9(7-21-12)15(18,19)20/h5-7,24H,8H2,1-4H3. The van der Waals surface area contributed by atoms with Gasteiger partial charge in [-0.05, 0) is 45.3 Å². The van der Waals surface area contributed by atoms with Crippen LogP contribution in [0.25, 0.3) is 6.08 Å². The maximum atomic E-state index is 12.7.